The number of aryl methyl sites for hydroxylation is 3. The number of aromatic nitrogens is 6. The molecule has 0 bridgehead atoms. The molecule has 0 saturated carbocycles. The number of unbranched alkanes of at least 4 members (excludes halogenated alkanes) is 1. The van der Waals surface area contributed by atoms with E-state index in [0.29, 0.717) is 42.2 Å². The molecule has 3 aromatic heterocycles. The zero-order chi connectivity index (χ0) is 23.5. The van der Waals surface area contributed by atoms with E-state index in [1.165, 1.54) is 9.13 Å². The molecule has 9 nitrogen and oxygen atoms in total. The van der Waals surface area contributed by atoms with Gasteiger partial charge in [0.1, 0.15) is 5.82 Å². The second kappa shape index (κ2) is 9.70. The van der Waals surface area contributed by atoms with Crippen molar-refractivity contribution in [2.75, 3.05) is 0 Å². The van der Waals surface area contributed by atoms with Crippen LogP contribution in [0.3, 0.4) is 0 Å². The third-order valence-electron chi connectivity index (χ3n) is 5.47. The van der Waals surface area contributed by atoms with E-state index < -0.39 is 11.2 Å². The molecule has 4 rings (SSSR count). The molecule has 174 valence electrons. The van der Waals surface area contributed by atoms with E-state index in [4.69, 9.17) is 16.1 Å². The molecule has 0 saturated heterocycles. The summed E-state index contributed by atoms with van der Waals surface area (Å²) in [6.07, 6.45) is 2.67. The molecule has 33 heavy (non-hydrogen) atoms. The highest BCUT2D eigenvalue weighted by Gasteiger charge is 2.17. The molecule has 0 aliphatic rings. The number of halogens is 2. The van der Waals surface area contributed by atoms with Gasteiger partial charge in [-0.05, 0) is 42.5 Å². The van der Waals surface area contributed by atoms with Crippen LogP contribution in [0.25, 0.3) is 11.2 Å². The van der Waals surface area contributed by atoms with Crippen LogP contribution in [0.4, 0.5) is 4.39 Å². The number of aromatic amines is 1. The summed E-state index contributed by atoms with van der Waals surface area (Å²) in [6, 6.07) is 5.17. The van der Waals surface area contributed by atoms with Crippen molar-refractivity contribution in [2.45, 2.75) is 59.0 Å². The number of benzene rings is 1. The second-order valence-corrected chi connectivity index (χ2v) is 8.26. The van der Waals surface area contributed by atoms with Crippen LogP contribution in [0.1, 0.15) is 49.0 Å². The number of imidazole rings is 1. The monoisotopic (exact) mass is 474 g/mol. The molecule has 1 N–H and O–H groups in total. The van der Waals surface area contributed by atoms with Crippen molar-refractivity contribution >= 4 is 22.8 Å². The van der Waals surface area contributed by atoms with Gasteiger partial charge < -0.3 is 9.51 Å². The van der Waals surface area contributed by atoms with Crippen molar-refractivity contribution in [1.82, 2.24) is 29.2 Å². The molecule has 0 radical (unpaired) electrons. The molecule has 0 aliphatic heterocycles. The van der Waals surface area contributed by atoms with E-state index >= 15 is 0 Å². The maximum absolute atomic E-state index is 14.2. The molecular formula is C22H24ClFN6O3. The Morgan fingerprint density at radius 3 is 2.73 bits per heavy atom. The number of fused-ring (bicyclic) bond motifs is 1. The van der Waals surface area contributed by atoms with Crippen LogP contribution in [-0.2, 0) is 25.9 Å². The molecule has 0 atom stereocenters. The van der Waals surface area contributed by atoms with Gasteiger partial charge in [-0.1, -0.05) is 36.7 Å². The summed E-state index contributed by atoms with van der Waals surface area (Å²) in [5.41, 5.74) is 0.629. The van der Waals surface area contributed by atoms with Gasteiger partial charge in [-0.25, -0.2) is 9.18 Å². The number of nitrogens with zero attached hydrogens (tertiary/aromatic N) is 5. The van der Waals surface area contributed by atoms with Crippen molar-refractivity contribution in [2.24, 2.45) is 0 Å². The van der Waals surface area contributed by atoms with Gasteiger partial charge in [0, 0.05) is 25.9 Å². The summed E-state index contributed by atoms with van der Waals surface area (Å²) < 4.78 is 22.1. The maximum atomic E-state index is 14.2. The fourth-order valence-corrected chi connectivity index (χ4v) is 3.89. The van der Waals surface area contributed by atoms with Gasteiger partial charge in [-0.15, -0.1) is 0 Å². The molecule has 0 aliphatic carbocycles. The van der Waals surface area contributed by atoms with Crippen LogP contribution in [0.15, 0.2) is 32.3 Å². The Bertz CT molecular complexity index is 1400. The Hall–Kier alpha value is -3.27. The molecule has 0 fully saturated rings. The lowest BCUT2D eigenvalue weighted by Gasteiger charge is -2.10. The smallest absolute Gasteiger partial charge is 0.332 e. The zero-order valence-electron chi connectivity index (χ0n) is 18.4. The van der Waals surface area contributed by atoms with Gasteiger partial charge >= 0.3 is 5.69 Å². The predicted molar refractivity (Wildman–Crippen MR) is 121 cm³/mol. The third-order valence-corrected chi connectivity index (χ3v) is 5.65. The lowest BCUT2D eigenvalue weighted by molar-refractivity contribution is 0.367. The summed E-state index contributed by atoms with van der Waals surface area (Å²) in [5, 5.41) is 3.98. The number of H-pyrrole nitrogens is 1. The van der Waals surface area contributed by atoms with E-state index in [2.05, 4.69) is 20.1 Å². The first kappa shape index (κ1) is 22.9. The third kappa shape index (κ3) is 4.75. The van der Waals surface area contributed by atoms with Crippen molar-refractivity contribution in [1.29, 1.82) is 0 Å². The lowest BCUT2D eigenvalue weighted by Crippen LogP contribution is -2.40. The highest BCUT2D eigenvalue weighted by molar-refractivity contribution is 6.28. The number of hydrogen-bond donors (Lipinski definition) is 1. The number of nitrogens with one attached hydrogen (secondary N) is 1. The standard InChI is InChI=1S/C22H24ClFN6O3/c1-3-4-10-29-19-18(26-21(23)27-19)20(31)30(22(29)32)11-6-9-16-25-15(28-33-16)12-14-8-5-7-13(2)17(14)24/h5,7-8H,3-4,6,9-12H2,1-2H3,(H,26,27). The molecular weight excluding hydrogens is 451 g/mol. The van der Waals surface area contributed by atoms with Crippen molar-refractivity contribution < 1.29 is 8.91 Å². The summed E-state index contributed by atoms with van der Waals surface area (Å²) >= 11 is 5.95. The van der Waals surface area contributed by atoms with Gasteiger partial charge in [0.25, 0.3) is 5.56 Å². The normalized spacial score (nSPS) is 11.5. The van der Waals surface area contributed by atoms with Crippen LogP contribution in [0, 0.1) is 12.7 Å². The Labute approximate surface area is 193 Å². The number of hydrogen-bond acceptors (Lipinski definition) is 6. The Balaban J connectivity index is 1.49. The van der Waals surface area contributed by atoms with Crippen LogP contribution in [0.5, 0.6) is 0 Å². The summed E-state index contributed by atoms with van der Waals surface area (Å²) in [4.78, 5) is 37.0. The molecule has 0 amide bonds. The highest BCUT2D eigenvalue weighted by atomic mass is 35.5. The fraction of sp³-hybridized carbons (Fsp3) is 0.409. The average molecular weight is 475 g/mol. The van der Waals surface area contributed by atoms with Gasteiger partial charge in [0.2, 0.25) is 11.2 Å². The molecule has 3 heterocycles. The van der Waals surface area contributed by atoms with E-state index in [0.717, 1.165) is 12.8 Å². The summed E-state index contributed by atoms with van der Waals surface area (Å²) in [7, 11) is 0. The molecule has 4 aromatic rings. The first-order chi connectivity index (χ1) is 15.9. The Morgan fingerprint density at radius 2 is 1.94 bits per heavy atom. The largest absolute Gasteiger partial charge is 0.339 e. The van der Waals surface area contributed by atoms with E-state index in [9.17, 15) is 14.0 Å². The highest BCUT2D eigenvalue weighted by Crippen LogP contribution is 2.15. The predicted octanol–water partition coefficient (Wildman–Crippen LogP) is 3.39. The topological polar surface area (TPSA) is 112 Å². The van der Waals surface area contributed by atoms with Crippen LogP contribution >= 0.6 is 11.6 Å². The minimum atomic E-state index is -0.469. The van der Waals surface area contributed by atoms with E-state index in [1.807, 2.05) is 6.92 Å². The van der Waals surface area contributed by atoms with Gasteiger partial charge in [0.05, 0.1) is 0 Å². The van der Waals surface area contributed by atoms with Crippen LogP contribution < -0.4 is 11.2 Å². The molecule has 0 unspecified atom stereocenters. The zero-order valence-corrected chi connectivity index (χ0v) is 19.2. The van der Waals surface area contributed by atoms with Crippen molar-refractivity contribution in [3.05, 3.63) is 73.0 Å². The SMILES string of the molecule is CCCCn1c(=O)n(CCCc2nc(Cc3cccc(C)c3F)no2)c(=O)c2[nH]c(Cl)nc21. The van der Waals surface area contributed by atoms with Crippen LogP contribution in [0.2, 0.25) is 5.28 Å². The van der Waals surface area contributed by atoms with Crippen molar-refractivity contribution in [3.63, 3.8) is 0 Å². The maximum Gasteiger partial charge on any atom is 0.332 e. The van der Waals surface area contributed by atoms with Gasteiger partial charge in [-0.3, -0.25) is 13.9 Å². The van der Waals surface area contributed by atoms with Gasteiger partial charge in [0.15, 0.2) is 17.0 Å². The summed E-state index contributed by atoms with van der Waals surface area (Å²) in [6.45, 7) is 4.32. The Morgan fingerprint density at radius 1 is 1.15 bits per heavy atom. The molecule has 0 spiro atoms. The summed E-state index contributed by atoms with van der Waals surface area (Å²) in [5.74, 6) is 0.460. The minimum Gasteiger partial charge on any atom is -0.339 e. The second-order valence-electron chi connectivity index (χ2n) is 7.90. The quantitative estimate of drug-likeness (QED) is 0.372. The van der Waals surface area contributed by atoms with E-state index in [1.54, 1.807) is 25.1 Å². The number of rotatable bonds is 9. The van der Waals surface area contributed by atoms with Crippen LogP contribution in [-0.4, -0.2) is 29.2 Å². The minimum absolute atomic E-state index is 0.0629. The Kier molecular flexibility index (Phi) is 6.73. The van der Waals surface area contributed by atoms with E-state index in [-0.39, 0.29) is 35.2 Å². The average Bonchev–Trinajstić information content (AvgIpc) is 3.40. The van der Waals surface area contributed by atoms with Crippen molar-refractivity contribution in [3.8, 4) is 0 Å². The molecule has 11 heteroatoms. The first-order valence-electron chi connectivity index (χ1n) is 10.8. The first-order valence-corrected chi connectivity index (χ1v) is 11.2. The fourth-order valence-electron chi connectivity index (χ4n) is 3.72. The van der Waals surface area contributed by atoms with Gasteiger partial charge in [-0.2, -0.15) is 9.97 Å². The lowest BCUT2D eigenvalue weighted by atomic mass is 10.1. The molecule has 1 aromatic carbocycles.